The van der Waals surface area contributed by atoms with Gasteiger partial charge in [-0.3, -0.25) is 4.98 Å². The fourth-order valence-electron chi connectivity index (χ4n) is 4.09. The highest BCUT2D eigenvalue weighted by Gasteiger charge is 2.37. The average Bonchev–Trinajstić information content (AvgIpc) is 3.17. The van der Waals surface area contributed by atoms with Crippen LogP contribution in [-0.2, 0) is 14.8 Å². The topological polar surface area (TPSA) is 93.0 Å². The second-order valence-corrected chi connectivity index (χ2v) is 11.3. The van der Waals surface area contributed by atoms with Crippen LogP contribution in [0.1, 0.15) is 45.6 Å². The zero-order chi connectivity index (χ0) is 22.2. The number of nitrogens with zero attached hydrogens (tertiary/aromatic N) is 3. The molecule has 168 valence electrons. The summed E-state index contributed by atoms with van der Waals surface area (Å²) in [4.78, 5) is 18.2. The van der Waals surface area contributed by atoms with Crippen LogP contribution in [0, 0.1) is 0 Å². The molecule has 4 rings (SSSR count). The monoisotopic (exact) mass is 447 g/mol. The van der Waals surface area contributed by atoms with Crippen molar-refractivity contribution in [1.82, 2.24) is 14.2 Å². The molecule has 0 aliphatic carbocycles. The molecule has 9 heteroatoms. The Morgan fingerprint density at radius 2 is 1.97 bits per heavy atom. The number of hydrogen-bond acceptors (Lipinski definition) is 6. The van der Waals surface area contributed by atoms with Gasteiger partial charge in [-0.1, -0.05) is 6.08 Å². The number of pyridine rings is 1. The Morgan fingerprint density at radius 1 is 1.23 bits per heavy atom. The van der Waals surface area contributed by atoms with Crippen molar-refractivity contribution in [2.24, 2.45) is 0 Å². The minimum Gasteiger partial charge on any atom is -0.462 e. The van der Waals surface area contributed by atoms with E-state index >= 15 is 0 Å². The Labute approximate surface area is 182 Å². The molecule has 2 aliphatic heterocycles. The largest absolute Gasteiger partial charge is 0.462 e. The number of carbonyl (C=O) groups is 1. The third-order valence-corrected chi connectivity index (χ3v) is 8.09. The number of fused-ring (bicyclic) bond motifs is 1. The third-order valence-electron chi connectivity index (χ3n) is 5.72. The van der Waals surface area contributed by atoms with Gasteiger partial charge in [-0.2, -0.15) is 4.31 Å². The molecule has 1 saturated heterocycles. The summed E-state index contributed by atoms with van der Waals surface area (Å²) >= 11 is 0. The zero-order valence-corrected chi connectivity index (χ0v) is 19.0. The molecule has 0 spiro atoms. The molecular weight excluding hydrogens is 418 g/mol. The number of carbonyl (C=O) groups excluding carboxylic acids is 1. The van der Waals surface area contributed by atoms with Gasteiger partial charge in [0.1, 0.15) is 17.4 Å². The van der Waals surface area contributed by atoms with E-state index in [-0.39, 0.29) is 6.09 Å². The van der Waals surface area contributed by atoms with Crippen molar-refractivity contribution in [2.75, 3.05) is 26.2 Å². The van der Waals surface area contributed by atoms with Gasteiger partial charge >= 0.3 is 6.09 Å². The summed E-state index contributed by atoms with van der Waals surface area (Å²) < 4.78 is 38.9. The molecule has 0 N–H and O–H groups in total. The Balaban J connectivity index is 1.39. The normalized spacial score (nSPS) is 19.5. The maximum Gasteiger partial charge on any atom is 0.410 e. The van der Waals surface area contributed by atoms with Crippen LogP contribution >= 0.6 is 0 Å². The lowest BCUT2D eigenvalue weighted by Gasteiger charge is -2.36. The molecule has 0 saturated carbocycles. The van der Waals surface area contributed by atoms with Crippen LogP contribution in [0.5, 0.6) is 0 Å². The third kappa shape index (κ3) is 4.62. The van der Waals surface area contributed by atoms with Crippen LogP contribution in [0.25, 0.3) is 16.7 Å². The van der Waals surface area contributed by atoms with Gasteiger partial charge < -0.3 is 14.1 Å². The molecule has 2 aromatic rings. The molecule has 1 fully saturated rings. The van der Waals surface area contributed by atoms with Gasteiger partial charge in [0, 0.05) is 37.9 Å². The summed E-state index contributed by atoms with van der Waals surface area (Å²) in [5, 5.41) is -0.474. The molecule has 2 aliphatic rings. The summed E-state index contributed by atoms with van der Waals surface area (Å²) in [6.07, 6.45) is 6.45. The molecule has 1 amide bonds. The van der Waals surface area contributed by atoms with Crippen LogP contribution in [0.2, 0.25) is 0 Å². The first-order chi connectivity index (χ1) is 14.6. The first kappa shape index (κ1) is 21.8. The van der Waals surface area contributed by atoms with E-state index in [1.807, 2.05) is 39.0 Å². The Kier molecular flexibility index (Phi) is 5.83. The van der Waals surface area contributed by atoms with Gasteiger partial charge in [0.2, 0.25) is 10.0 Å². The van der Waals surface area contributed by atoms with Crippen molar-refractivity contribution >= 4 is 32.8 Å². The number of furan rings is 1. The van der Waals surface area contributed by atoms with E-state index in [2.05, 4.69) is 4.98 Å². The van der Waals surface area contributed by atoms with E-state index in [1.165, 1.54) is 0 Å². The maximum absolute atomic E-state index is 13.2. The molecule has 2 aromatic heterocycles. The van der Waals surface area contributed by atoms with E-state index in [4.69, 9.17) is 9.15 Å². The molecule has 8 nitrogen and oxygen atoms in total. The predicted molar refractivity (Wildman–Crippen MR) is 118 cm³/mol. The lowest BCUT2D eigenvalue weighted by atomic mass is 10.0. The average molecular weight is 448 g/mol. The van der Waals surface area contributed by atoms with Crippen LogP contribution in [0.15, 0.2) is 35.1 Å². The Morgan fingerprint density at radius 3 is 2.61 bits per heavy atom. The number of likely N-dealkylation sites (tertiary alicyclic amines) is 1. The number of aromatic nitrogens is 1. The summed E-state index contributed by atoms with van der Waals surface area (Å²) in [5.41, 5.74) is 2.96. The van der Waals surface area contributed by atoms with Crippen molar-refractivity contribution < 1.29 is 22.4 Å². The van der Waals surface area contributed by atoms with E-state index in [9.17, 15) is 13.2 Å². The molecule has 4 heterocycles. The summed E-state index contributed by atoms with van der Waals surface area (Å²) in [6.45, 7) is 7.01. The van der Waals surface area contributed by atoms with E-state index < -0.39 is 20.9 Å². The van der Waals surface area contributed by atoms with Crippen molar-refractivity contribution in [1.29, 1.82) is 0 Å². The number of piperidine rings is 1. The number of sulfonamides is 1. The van der Waals surface area contributed by atoms with Crippen LogP contribution in [0.4, 0.5) is 4.79 Å². The highest BCUT2D eigenvalue weighted by atomic mass is 32.2. The van der Waals surface area contributed by atoms with Crippen molar-refractivity contribution in [2.45, 2.75) is 50.9 Å². The summed E-state index contributed by atoms with van der Waals surface area (Å²) in [6, 6.07) is 3.70. The molecule has 0 bridgehead atoms. The molecule has 31 heavy (non-hydrogen) atoms. The number of rotatable bonds is 3. The highest BCUT2D eigenvalue weighted by Crippen LogP contribution is 2.31. The SMILES string of the molecule is CC(C)(C)OC(=O)N1CCC(S(=O)(=O)N2CC=C(c3coc4cccnc34)CC2)CC1. The van der Waals surface area contributed by atoms with Gasteiger partial charge in [-0.05, 0) is 57.7 Å². The van der Waals surface area contributed by atoms with Gasteiger partial charge in [-0.25, -0.2) is 13.2 Å². The standard InChI is InChI=1S/C22H29N3O5S/c1-22(2,3)30-21(26)24-11-8-17(9-12-24)31(27,28)25-13-6-16(7-14-25)18-15-29-19-5-4-10-23-20(18)19/h4-6,10,15,17H,7-9,11-14H2,1-3H3. The summed E-state index contributed by atoms with van der Waals surface area (Å²) in [5.74, 6) is 0. The van der Waals surface area contributed by atoms with Crippen LogP contribution in [-0.4, -0.2) is 65.7 Å². The van der Waals surface area contributed by atoms with Gasteiger partial charge in [-0.15, -0.1) is 0 Å². The molecule has 0 unspecified atom stereocenters. The molecular formula is C22H29N3O5S. The Bertz CT molecular complexity index is 1090. The molecule has 0 atom stereocenters. The van der Waals surface area contributed by atoms with Crippen molar-refractivity contribution in [3.8, 4) is 0 Å². The maximum atomic E-state index is 13.2. The fourth-order valence-corrected chi connectivity index (χ4v) is 5.95. The van der Waals surface area contributed by atoms with Gasteiger partial charge in [0.25, 0.3) is 0 Å². The molecule has 0 aromatic carbocycles. The van der Waals surface area contributed by atoms with Crippen LogP contribution < -0.4 is 0 Å². The van der Waals surface area contributed by atoms with E-state index in [0.29, 0.717) is 45.4 Å². The first-order valence-corrected chi connectivity index (χ1v) is 12.1. The minimum atomic E-state index is -3.43. The quantitative estimate of drug-likeness (QED) is 0.713. The highest BCUT2D eigenvalue weighted by molar-refractivity contribution is 7.89. The Hall–Kier alpha value is -2.39. The lowest BCUT2D eigenvalue weighted by Crippen LogP contribution is -2.48. The fraction of sp³-hybridized carbons (Fsp3) is 0.545. The minimum absolute atomic E-state index is 0.337. The van der Waals surface area contributed by atoms with Crippen molar-refractivity contribution in [3.05, 3.63) is 36.2 Å². The first-order valence-electron chi connectivity index (χ1n) is 10.6. The smallest absolute Gasteiger partial charge is 0.410 e. The number of hydrogen-bond donors (Lipinski definition) is 0. The van der Waals surface area contributed by atoms with E-state index in [1.54, 1.807) is 21.7 Å². The molecule has 0 radical (unpaired) electrons. The van der Waals surface area contributed by atoms with Crippen LogP contribution in [0.3, 0.4) is 0 Å². The second-order valence-electron chi connectivity index (χ2n) is 9.05. The van der Waals surface area contributed by atoms with E-state index in [0.717, 1.165) is 22.2 Å². The second kappa shape index (κ2) is 8.27. The number of ether oxygens (including phenoxy) is 1. The zero-order valence-electron chi connectivity index (χ0n) is 18.2. The van der Waals surface area contributed by atoms with Gasteiger partial charge in [0.05, 0.1) is 5.25 Å². The van der Waals surface area contributed by atoms with Gasteiger partial charge in [0.15, 0.2) is 5.58 Å². The summed E-state index contributed by atoms with van der Waals surface area (Å²) in [7, 11) is -3.43. The number of amides is 1. The predicted octanol–water partition coefficient (Wildman–Crippen LogP) is 3.65. The van der Waals surface area contributed by atoms with Crippen molar-refractivity contribution in [3.63, 3.8) is 0 Å². The lowest BCUT2D eigenvalue weighted by molar-refractivity contribution is 0.0216.